The molecule has 2 nitrogen and oxygen atoms in total. The third-order valence-electron chi connectivity index (χ3n) is 2.79. The smallest absolute Gasteiger partial charge is 0.306 e. The Labute approximate surface area is 119 Å². The number of nitrogens with zero attached hydrogens (tertiary/aromatic N) is 1. The lowest BCUT2D eigenvalue weighted by Crippen LogP contribution is -3.00. The molecule has 0 atom stereocenters. The van der Waals surface area contributed by atoms with E-state index in [0.717, 1.165) is 6.54 Å². The minimum absolute atomic E-state index is 0. The zero-order chi connectivity index (χ0) is 12.1. The Bertz CT molecular complexity index is 171. The van der Waals surface area contributed by atoms with E-state index in [4.69, 9.17) is 5.73 Å². The van der Waals surface area contributed by atoms with E-state index in [-0.39, 0.29) is 12.4 Å². The van der Waals surface area contributed by atoms with Crippen LogP contribution in [0.1, 0.15) is 71.1 Å². The van der Waals surface area contributed by atoms with Crippen molar-refractivity contribution in [2.45, 2.75) is 71.1 Å². The fourth-order valence-electron chi connectivity index (χ4n) is 1.80. The molecule has 0 aromatic carbocycles. The molecule has 0 amide bonds. The first-order chi connectivity index (χ1) is 7.77. The van der Waals surface area contributed by atoms with Crippen LogP contribution in [-0.4, -0.2) is 11.7 Å². The van der Waals surface area contributed by atoms with Gasteiger partial charge in [-0.25, -0.2) is 4.99 Å². The van der Waals surface area contributed by atoms with E-state index in [1.807, 2.05) is 0 Å². The van der Waals surface area contributed by atoms with E-state index in [0.29, 0.717) is 5.17 Å². The predicted octanol–water partition coefficient (Wildman–Crippen LogP) is 0.238. The minimum atomic E-state index is 0. The molecule has 0 spiro atoms. The second-order valence-corrected chi connectivity index (χ2v) is 4.96. The predicted molar refractivity (Wildman–Crippen MR) is 78.5 cm³/mol. The molecule has 0 rings (SSSR count). The molecule has 2 N–H and O–H groups in total. The van der Waals surface area contributed by atoms with Crippen LogP contribution in [0.3, 0.4) is 0 Å². The lowest BCUT2D eigenvalue weighted by Gasteiger charge is -2.00. The average Bonchev–Trinajstić information content (AvgIpc) is 2.25. The van der Waals surface area contributed by atoms with E-state index in [9.17, 15) is 0 Å². The molecule has 0 saturated carbocycles. The highest BCUT2D eigenvalue weighted by Crippen LogP contribution is 2.10. The van der Waals surface area contributed by atoms with Crippen molar-refractivity contribution in [3.63, 3.8) is 0 Å². The molecule has 0 aliphatic carbocycles. The Morgan fingerprint density at radius 2 is 1.29 bits per heavy atom. The number of halogens is 1. The van der Waals surface area contributed by atoms with Crippen molar-refractivity contribution in [1.82, 2.24) is 0 Å². The molecule has 0 aromatic heterocycles. The van der Waals surface area contributed by atoms with E-state index in [1.54, 1.807) is 0 Å². The summed E-state index contributed by atoms with van der Waals surface area (Å²) >= 11 is 3.17. The van der Waals surface area contributed by atoms with Crippen molar-refractivity contribution >= 4 is 17.8 Å². The molecule has 0 fully saturated rings. The van der Waals surface area contributed by atoms with E-state index < -0.39 is 0 Å². The van der Waals surface area contributed by atoms with E-state index in [2.05, 4.69) is 24.5 Å². The second kappa shape index (κ2) is 16.1. The largest absolute Gasteiger partial charge is 1.00 e. The van der Waals surface area contributed by atoms with Gasteiger partial charge in [-0.15, -0.1) is 0 Å². The number of unbranched alkanes of at least 4 members (excludes halogenated alkanes) is 9. The Balaban J connectivity index is 0. The summed E-state index contributed by atoms with van der Waals surface area (Å²) in [7, 11) is 0. The number of nitrogens with two attached hydrogens (primary N) is 1. The Morgan fingerprint density at radius 1 is 0.882 bits per heavy atom. The van der Waals surface area contributed by atoms with Crippen LogP contribution in [0.4, 0.5) is 0 Å². The summed E-state index contributed by atoms with van der Waals surface area (Å²) in [4.78, 5) is 4.10. The van der Waals surface area contributed by atoms with Gasteiger partial charge in [-0.3, -0.25) is 0 Å². The van der Waals surface area contributed by atoms with Crippen molar-refractivity contribution < 1.29 is 12.4 Å². The number of aliphatic imine (C=N–C) groups is 1. The summed E-state index contributed by atoms with van der Waals surface area (Å²) in [6.07, 6.45) is 13.6. The zero-order valence-electron chi connectivity index (χ0n) is 11.2. The molecule has 0 heterocycles. The molecule has 0 aromatic rings. The third kappa shape index (κ3) is 18.7. The molecule has 0 saturated heterocycles. The van der Waals surface area contributed by atoms with Crippen LogP contribution in [0.2, 0.25) is 0 Å². The number of rotatable bonds is 11. The van der Waals surface area contributed by atoms with Gasteiger partial charge in [0.1, 0.15) is 0 Å². The van der Waals surface area contributed by atoms with Gasteiger partial charge in [-0.1, -0.05) is 64.7 Å². The molecule has 0 bridgehead atoms. The van der Waals surface area contributed by atoms with E-state index >= 15 is 0 Å². The Kier molecular flexibility index (Phi) is 18.4. The second-order valence-electron chi connectivity index (χ2n) is 4.45. The van der Waals surface area contributed by atoms with Gasteiger partial charge in [0, 0.05) is 19.2 Å². The van der Waals surface area contributed by atoms with Crippen molar-refractivity contribution in [3.05, 3.63) is 0 Å². The number of amidine groups is 1. The molecule has 0 radical (unpaired) electrons. The lowest BCUT2D eigenvalue weighted by molar-refractivity contribution is -0.00000361. The molecule has 0 aliphatic rings. The third-order valence-corrected chi connectivity index (χ3v) is 2.95. The van der Waals surface area contributed by atoms with Crippen LogP contribution in [0, 0.1) is 0 Å². The van der Waals surface area contributed by atoms with Crippen LogP contribution in [-0.2, 0) is 12.6 Å². The average molecular weight is 281 g/mol. The highest BCUT2D eigenvalue weighted by atomic mass is 35.5. The summed E-state index contributed by atoms with van der Waals surface area (Å²) in [6, 6.07) is 0. The van der Waals surface area contributed by atoms with Crippen molar-refractivity contribution in [2.75, 3.05) is 6.54 Å². The summed E-state index contributed by atoms with van der Waals surface area (Å²) in [5, 5.41) is 0.524. The van der Waals surface area contributed by atoms with Crippen LogP contribution in [0.25, 0.3) is 0 Å². The van der Waals surface area contributed by atoms with Crippen molar-refractivity contribution in [1.29, 1.82) is 0 Å². The zero-order valence-corrected chi connectivity index (χ0v) is 12.9. The number of hydrogen-bond donors (Lipinski definition) is 1. The van der Waals surface area contributed by atoms with Gasteiger partial charge in [0.25, 0.3) is 0 Å². The van der Waals surface area contributed by atoms with Crippen LogP contribution >= 0.6 is 0 Å². The number of hydrogen-bond acceptors (Lipinski definition) is 1. The SMILES string of the molecule is CCCCCCCCCCCCN=C(N)[SH2+].[Cl-]. The van der Waals surface area contributed by atoms with Crippen molar-refractivity contribution in [2.24, 2.45) is 10.7 Å². The van der Waals surface area contributed by atoms with Crippen LogP contribution in [0.5, 0.6) is 0 Å². The van der Waals surface area contributed by atoms with Gasteiger partial charge in [0.05, 0.1) is 0 Å². The first-order valence-electron chi connectivity index (χ1n) is 6.79. The maximum absolute atomic E-state index is 5.38. The Morgan fingerprint density at radius 3 is 1.71 bits per heavy atom. The van der Waals surface area contributed by atoms with Crippen LogP contribution in [0.15, 0.2) is 4.99 Å². The molecule has 17 heavy (non-hydrogen) atoms. The minimum Gasteiger partial charge on any atom is -1.00 e. The topological polar surface area (TPSA) is 38.4 Å². The maximum Gasteiger partial charge on any atom is 0.306 e. The summed E-state index contributed by atoms with van der Waals surface area (Å²) in [5.74, 6) is 0. The highest BCUT2D eigenvalue weighted by molar-refractivity contribution is 7.77. The van der Waals surface area contributed by atoms with Gasteiger partial charge in [-0.2, -0.15) is 0 Å². The quantitative estimate of drug-likeness (QED) is 0.250. The first-order valence-corrected chi connectivity index (χ1v) is 7.29. The Hall–Kier alpha value is 0.110. The van der Waals surface area contributed by atoms with Gasteiger partial charge in [0.2, 0.25) is 0 Å². The normalized spacial score (nSPS) is 11.3. The van der Waals surface area contributed by atoms with Gasteiger partial charge in [-0.05, 0) is 6.42 Å². The highest BCUT2D eigenvalue weighted by Gasteiger charge is 1.93. The molecular formula is C13H29ClN2S. The molecule has 4 heteroatoms. The maximum atomic E-state index is 5.38. The van der Waals surface area contributed by atoms with Gasteiger partial charge < -0.3 is 18.1 Å². The first kappa shape index (κ1) is 19.4. The standard InChI is InChI=1S/C13H28N2S.ClH/c1-2-3-4-5-6-7-8-9-10-11-12-15-13(14)16;/h2-12H2,1H3,(H3,14,15,16);1H. The van der Waals surface area contributed by atoms with Gasteiger partial charge >= 0.3 is 5.17 Å². The monoisotopic (exact) mass is 280 g/mol. The van der Waals surface area contributed by atoms with E-state index in [1.165, 1.54) is 64.2 Å². The fraction of sp³-hybridized carbons (Fsp3) is 0.923. The molecular weight excluding hydrogens is 252 g/mol. The van der Waals surface area contributed by atoms with Crippen LogP contribution < -0.4 is 18.1 Å². The summed E-state index contributed by atoms with van der Waals surface area (Å²) in [6.45, 7) is 3.13. The van der Waals surface area contributed by atoms with Gasteiger partial charge in [0.15, 0.2) is 0 Å². The molecule has 0 unspecified atom stereocenters. The fourth-order valence-corrected chi connectivity index (χ4v) is 1.91. The molecule has 104 valence electrons. The summed E-state index contributed by atoms with van der Waals surface area (Å²) < 4.78 is 0. The molecule has 0 aliphatic heterocycles. The lowest BCUT2D eigenvalue weighted by atomic mass is 10.1. The summed E-state index contributed by atoms with van der Waals surface area (Å²) in [5.41, 5.74) is 5.38. The van der Waals surface area contributed by atoms with Crippen molar-refractivity contribution in [3.8, 4) is 0 Å².